The lowest BCUT2D eigenvalue weighted by Crippen LogP contribution is -2.08. The van der Waals surface area contributed by atoms with Gasteiger partial charge in [-0.15, -0.1) is 0 Å². The number of rotatable bonds is 1. The van der Waals surface area contributed by atoms with Gasteiger partial charge in [0.1, 0.15) is 16.1 Å². The first-order chi connectivity index (χ1) is 7.56. The Morgan fingerprint density at radius 3 is 2.81 bits per heavy atom. The van der Waals surface area contributed by atoms with E-state index < -0.39 is 6.09 Å². The van der Waals surface area contributed by atoms with Gasteiger partial charge >= 0.3 is 6.09 Å². The minimum atomic E-state index is -1.18. The fraction of sp³-hybridized carbons (Fsp3) is 0. The van der Waals surface area contributed by atoms with Crippen molar-refractivity contribution in [3.63, 3.8) is 0 Å². The van der Waals surface area contributed by atoms with Crippen molar-refractivity contribution in [3.8, 4) is 0 Å². The van der Waals surface area contributed by atoms with Crippen LogP contribution in [-0.4, -0.2) is 21.2 Å². The molecule has 0 atom stereocenters. The van der Waals surface area contributed by atoms with Crippen molar-refractivity contribution in [1.82, 2.24) is 9.97 Å². The summed E-state index contributed by atoms with van der Waals surface area (Å²) >= 11 is 11.6. The molecule has 0 saturated heterocycles. The Balaban J connectivity index is 2.57. The van der Waals surface area contributed by atoms with Gasteiger partial charge in [-0.25, -0.2) is 14.8 Å². The molecule has 7 heteroatoms. The number of fused-ring (bicyclic) bond motifs is 1. The lowest BCUT2D eigenvalue weighted by atomic mass is 10.2. The third kappa shape index (κ3) is 2.15. The van der Waals surface area contributed by atoms with Gasteiger partial charge in [-0.2, -0.15) is 0 Å². The maximum Gasteiger partial charge on any atom is 0.410 e. The summed E-state index contributed by atoms with van der Waals surface area (Å²) in [6.45, 7) is 0. The monoisotopic (exact) mass is 257 g/mol. The zero-order valence-corrected chi connectivity index (χ0v) is 9.25. The number of nitrogens with one attached hydrogen (secondary N) is 1. The van der Waals surface area contributed by atoms with Crippen LogP contribution in [0.25, 0.3) is 10.8 Å². The zero-order chi connectivity index (χ0) is 11.7. The molecule has 2 rings (SSSR count). The third-order valence-electron chi connectivity index (χ3n) is 1.87. The van der Waals surface area contributed by atoms with E-state index in [9.17, 15) is 4.79 Å². The van der Waals surface area contributed by atoms with Crippen molar-refractivity contribution in [2.45, 2.75) is 0 Å². The van der Waals surface area contributed by atoms with Crippen molar-refractivity contribution >= 4 is 45.9 Å². The Morgan fingerprint density at radius 2 is 2.12 bits per heavy atom. The maximum absolute atomic E-state index is 10.4. The molecule has 2 heterocycles. The number of anilines is 1. The van der Waals surface area contributed by atoms with E-state index in [0.29, 0.717) is 10.8 Å². The fourth-order valence-electron chi connectivity index (χ4n) is 1.26. The van der Waals surface area contributed by atoms with Gasteiger partial charge in [0.2, 0.25) is 0 Å². The molecule has 82 valence electrons. The Kier molecular flexibility index (Phi) is 2.80. The van der Waals surface area contributed by atoms with Crippen LogP contribution in [0.1, 0.15) is 0 Å². The van der Waals surface area contributed by atoms with Gasteiger partial charge in [0.15, 0.2) is 0 Å². The van der Waals surface area contributed by atoms with E-state index in [1.165, 1.54) is 12.3 Å². The van der Waals surface area contributed by atoms with Crippen molar-refractivity contribution in [3.05, 3.63) is 28.6 Å². The number of halogens is 2. The lowest BCUT2D eigenvalue weighted by Gasteiger charge is -2.03. The number of hydrogen-bond acceptors (Lipinski definition) is 3. The van der Waals surface area contributed by atoms with Gasteiger partial charge in [0.05, 0.1) is 0 Å². The van der Waals surface area contributed by atoms with E-state index in [0.717, 1.165) is 0 Å². The van der Waals surface area contributed by atoms with E-state index >= 15 is 0 Å². The van der Waals surface area contributed by atoms with Gasteiger partial charge < -0.3 is 5.11 Å². The van der Waals surface area contributed by atoms with Crippen molar-refractivity contribution in [2.75, 3.05) is 5.32 Å². The highest BCUT2D eigenvalue weighted by atomic mass is 35.5. The number of nitrogens with zero attached hydrogens (tertiary/aromatic N) is 2. The molecule has 2 aromatic rings. The first-order valence-corrected chi connectivity index (χ1v) is 4.93. The Hall–Kier alpha value is -1.59. The molecule has 16 heavy (non-hydrogen) atoms. The molecule has 0 spiro atoms. The molecule has 0 bridgehead atoms. The van der Waals surface area contributed by atoms with Crippen molar-refractivity contribution in [1.29, 1.82) is 0 Å². The van der Waals surface area contributed by atoms with E-state index in [-0.39, 0.29) is 16.1 Å². The number of hydrogen-bond donors (Lipinski definition) is 2. The Morgan fingerprint density at radius 1 is 1.38 bits per heavy atom. The van der Waals surface area contributed by atoms with Gasteiger partial charge in [0.25, 0.3) is 0 Å². The summed E-state index contributed by atoms with van der Waals surface area (Å²) in [5, 5.41) is 12.4. The summed E-state index contributed by atoms with van der Waals surface area (Å²) in [7, 11) is 0. The second-order valence-electron chi connectivity index (χ2n) is 2.96. The van der Waals surface area contributed by atoms with Gasteiger partial charge in [-0.3, -0.25) is 5.32 Å². The summed E-state index contributed by atoms with van der Waals surface area (Å²) in [5.74, 6) is 0.207. The standard InChI is InChI=1S/C9H5Cl2N3O2/c10-6-1-4-2-7(14-9(15)16)12-3-5(4)8(11)13-6/h1-3H,(H,12,14)(H,15,16). The number of pyridine rings is 2. The number of carboxylic acid groups (broad SMARTS) is 1. The molecule has 1 amide bonds. The third-order valence-corrected chi connectivity index (χ3v) is 2.35. The molecule has 0 saturated carbocycles. The molecule has 0 aliphatic heterocycles. The molecule has 2 N–H and O–H groups in total. The predicted octanol–water partition coefficient (Wildman–Crippen LogP) is 3.03. The quantitative estimate of drug-likeness (QED) is 0.771. The second-order valence-corrected chi connectivity index (χ2v) is 3.70. The molecular weight excluding hydrogens is 253 g/mol. The van der Waals surface area contributed by atoms with E-state index in [1.807, 2.05) is 0 Å². The van der Waals surface area contributed by atoms with Gasteiger partial charge in [-0.1, -0.05) is 23.2 Å². The van der Waals surface area contributed by atoms with Crippen LogP contribution >= 0.6 is 23.2 Å². The van der Waals surface area contributed by atoms with Crippen LogP contribution in [-0.2, 0) is 0 Å². The van der Waals surface area contributed by atoms with Crippen LogP contribution in [0.2, 0.25) is 10.3 Å². The van der Waals surface area contributed by atoms with E-state index in [1.54, 1.807) is 6.07 Å². The molecule has 0 fully saturated rings. The topological polar surface area (TPSA) is 75.1 Å². The van der Waals surface area contributed by atoms with Crippen LogP contribution in [0.3, 0.4) is 0 Å². The van der Waals surface area contributed by atoms with E-state index in [2.05, 4.69) is 15.3 Å². The van der Waals surface area contributed by atoms with Crippen molar-refractivity contribution < 1.29 is 9.90 Å². The molecule has 0 unspecified atom stereocenters. The molecule has 0 aromatic carbocycles. The SMILES string of the molecule is O=C(O)Nc1cc2cc(Cl)nc(Cl)c2cn1. The largest absolute Gasteiger partial charge is 0.465 e. The van der Waals surface area contributed by atoms with Gasteiger partial charge in [-0.05, 0) is 17.5 Å². The van der Waals surface area contributed by atoms with E-state index in [4.69, 9.17) is 28.3 Å². The highest BCUT2D eigenvalue weighted by Crippen LogP contribution is 2.25. The highest BCUT2D eigenvalue weighted by molar-refractivity contribution is 6.36. The molecule has 0 aliphatic carbocycles. The van der Waals surface area contributed by atoms with Crippen LogP contribution in [0, 0.1) is 0 Å². The summed E-state index contributed by atoms with van der Waals surface area (Å²) in [6, 6.07) is 3.11. The smallest absolute Gasteiger partial charge is 0.410 e. The second kappa shape index (κ2) is 4.11. The average molecular weight is 258 g/mol. The zero-order valence-electron chi connectivity index (χ0n) is 7.74. The molecular formula is C9H5Cl2N3O2. The van der Waals surface area contributed by atoms with Crippen LogP contribution in [0.5, 0.6) is 0 Å². The first-order valence-electron chi connectivity index (χ1n) is 4.18. The number of amides is 1. The average Bonchev–Trinajstić information content (AvgIpc) is 2.15. The fourth-order valence-corrected chi connectivity index (χ4v) is 1.75. The summed E-state index contributed by atoms with van der Waals surface area (Å²) < 4.78 is 0. The minimum absolute atomic E-state index is 0.207. The predicted molar refractivity (Wildman–Crippen MR) is 61.2 cm³/mol. The molecule has 2 aromatic heterocycles. The number of carbonyl (C=O) groups is 1. The lowest BCUT2D eigenvalue weighted by molar-refractivity contribution is 0.209. The Bertz CT molecular complexity index is 574. The first kappa shape index (κ1) is 10.9. The number of aromatic nitrogens is 2. The van der Waals surface area contributed by atoms with Crippen LogP contribution in [0.15, 0.2) is 18.3 Å². The molecule has 0 aliphatic rings. The molecule has 0 radical (unpaired) electrons. The normalized spacial score (nSPS) is 10.4. The van der Waals surface area contributed by atoms with Crippen molar-refractivity contribution in [2.24, 2.45) is 0 Å². The molecule has 5 nitrogen and oxygen atoms in total. The summed E-state index contributed by atoms with van der Waals surface area (Å²) in [5.41, 5.74) is 0. The minimum Gasteiger partial charge on any atom is -0.465 e. The van der Waals surface area contributed by atoms with Gasteiger partial charge in [0, 0.05) is 11.6 Å². The highest BCUT2D eigenvalue weighted by Gasteiger charge is 2.06. The summed E-state index contributed by atoms with van der Waals surface area (Å²) in [4.78, 5) is 18.1. The Labute approximate surface area is 100 Å². The maximum atomic E-state index is 10.4. The van der Waals surface area contributed by atoms with Crippen LogP contribution in [0.4, 0.5) is 10.6 Å². The van der Waals surface area contributed by atoms with Crippen LogP contribution < -0.4 is 5.32 Å². The summed E-state index contributed by atoms with van der Waals surface area (Å²) in [6.07, 6.45) is 0.254.